The number of hydrogen-bond acceptors (Lipinski definition) is 6. The Morgan fingerprint density at radius 1 is 1.46 bits per heavy atom. The van der Waals surface area contributed by atoms with Gasteiger partial charge in [0.05, 0.1) is 23.8 Å². The van der Waals surface area contributed by atoms with E-state index in [4.69, 9.17) is 11.6 Å². The molecule has 2 aromatic heterocycles. The highest BCUT2D eigenvalue weighted by atomic mass is 35.5. The van der Waals surface area contributed by atoms with Gasteiger partial charge >= 0.3 is 0 Å². The molecule has 1 unspecified atom stereocenters. The molecule has 0 aliphatic carbocycles. The number of aryl methyl sites for hydroxylation is 1. The van der Waals surface area contributed by atoms with Crippen molar-refractivity contribution in [3.05, 3.63) is 41.0 Å². The molecule has 3 rings (SSSR count). The monoisotopic (exact) mass is 350 g/mol. The van der Waals surface area contributed by atoms with Gasteiger partial charge in [0.25, 0.3) is 5.91 Å². The van der Waals surface area contributed by atoms with Gasteiger partial charge in [-0.15, -0.1) is 0 Å². The highest BCUT2D eigenvalue weighted by Crippen LogP contribution is 2.16. The zero-order valence-electron chi connectivity index (χ0n) is 13.3. The number of aliphatic hydroxyl groups excluding tert-OH is 1. The number of nitrogens with one attached hydrogen (secondary N) is 1. The van der Waals surface area contributed by atoms with Crippen LogP contribution >= 0.6 is 11.6 Å². The molecule has 0 saturated heterocycles. The van der Waals surface area contributed by atoms with Crippen LogP contribution in [-0.4, -0.2) is 61.2 Å². The number of fused-ring (bicyclic) bond motifs is 1. The van der Waals surface area contributed by atoms with E-state index in [0.29, 0.717) is 6.54 Å². The van der Waals surface area contributed by atoms with Gasteiger partial charge in [-0.05, 0) is 0 Å². The number of nitrogens with zero attached hydrogens (tertiary/aromatic N) is 5. The Bertz CT molecular complexity index is 735. The first-order valence-electron chi connectivity index (χ1n) is 7.68. The number of aliphatic hydroxyl groups is 1. The number of imidazole rings is 1. The largest absolute Gasteiger partial charge is 0.390 e. The van der Waals surface area contributed by atoms with E-state index in [9.17, 15) is 9.90 Å². The zero-order valence-corrected chi connectivity index (χ0v) is 14.1. The maximum absolute atomic E-state index is 12.0. The predicted octanol–water partition coefficient (Wildman–Crippen LogP) is 0.0125. The molecular weight excluding hydrogens is 332 g/mol. The van der Waals surface area contributed by atoms with Gasteiger partial charge < -0.3 is 15.0 Å². The van der Waals surface area contributed by atoms with E-state index >= 15 is 0 Å². The van der Waals surface area contributed by atoms with Crippen LogP contribution in [0.5, 0.6) is 0 Å². The fraction of sp³-hybridized carbons (Fsp3) is 0.467. The van der Waals surface area contributed by atoms with Crippen LogP contribution in [0.4, 0.5) is 0 Å². The van der Waals surface area contributed by atoms with Gasteiger partial charge in [0.2, 0.25) is 0 Å². The maximum Gasteiger partial charge on any atom is 0.270 e. The molecule has 0 saturated carbocycles. The van der Waals surface area contributed by atoms with Crippen LogP contribution in [0.15, 0.2) is 18.7 Å². The van der Waals surface area contributed by atoms with Crippen molar-refractivity contribution in [2.75, 3.05) is 19.6 Å². The summed E-state index contributed by atoms with van der Waals surface area (Å²) in [7, 11) is 1.97. The summed E-state index contributed by atoms with van der Waals surface area (Å²) in [6, 6.07) is 1.39. The summed E-state index contributed by atoms with van der Waals surface area (Å²) in [5.41, 5.74) is 2.48. The van der Waals surface area contributed by atoms with Gasteiger partial charge in [-0.2, -0.15) is 0 Å². The Labute approximate surface area is 144 Å². The number of hydrogen-bond donors (Lipinski definition) is 2. The summed E-state index contributed by atoms with van der Waals surface area (Å²) >= 11 is 5.73. The molecule has 0 fully saturated rings. The summed E-state index contributed by atoms with van der Waals surface area (Å²) in [4.78, 5) is 26.1. The molecule has 2 N–H and O–H groups in total. The molecule has 1 amide bonds. The minimum absolute atomic E-state index is 0.148. The van der Waals surface area contributed by atoms with Crippen molar-refractivity contribution in [2.45, 2.75) is 19.1 Å². The first kappa shape index (κ1) is 16.8. The van der Waals surface area contributed by atoms with Gasteiger partial charge in [0.1, 0.15) is 17.2 Å². The number of β-amino-alcohol motifs (C(OH)–C–C–N with tert-alkyl or cyclic N) is 1. The van der Waals surface area contributed by atoms with E-state index in [0.717, 1.165) is 25.2 Å². The Morgan fingerprint density at radius 2 is 2.29 bits per heavy atom. The third kappa shape index (κ3) is 3.89. The molecule has 1 aliphatic heterocycles. The highest BCUT2D eigenvalue weighted by molar-refractivity contribution is 6.29. The fourth-order valence-electron chi connectivity index (χ4n) is 2.75. The number of halogens is 1. The molecule has 24 heavy (non-hydrogen) atoms. The third-order valence-corrected chi connectivity index (χ3v) is 4.22. The predicted molar refractivity (Wildman–Crippen MR) is 87.6 cm³/mol. The van der Waals surface area contributed by atoms with E-state index < -0.39 is 6.10 Å². The minimum Gasteiger partial charge on any atom is -0.390 e. The standard InChI is InChI=1S/C15H19ClN6O2/c1-21-9-20-11-2-3-22(7-13(11)21)6-10(23)5-17-15(24)12-4-14(16)19-8-18-12/h4,8-10,23H,2-3,5-7H2,1H3,(H,17,24). The van der Waals surface area contributed by atoms with Gasteiger partial charge in [-0.1, -0.05) is 11.6 Å². The van der Waals surface area contributed by atoms with Crippen LogP contribution in [0.3, 0.4) is 0 Å². The lowest BCUT2D eigenvalue weighted by molar-refractivity contribution is 0.0833. The lowest BCUT2D eigenvalue weighted by Gasteiger charge is -2.28. The fourth-order valence-corrected chi connectivity index (χ4v) is 2.89. The third-order valence-electron chi connectivity index (χ3n) is 4.02. The van der Waals surface area contributed by atoms with Crippen LogP contribution in [0.1, 0.15) is 21.9 Å². The van der Waals surface area contributed by atoms with Crippen LogP contribution in [0.2, 0.25) is 5.15 Å². The van der Waals surface area contributed by atoms with Gasteiger partial charge in [-0.3, -0.25) is 9.69 Å². The second-order valence-corrected chi connectivity index (χ2v) is 6.21. The highest BCUT2D eigenvalue weighted by Gasteiger charge is 2.22. The number of rotatable bonds is 5. The average molecular weight is 351 g/mol. The quantitative estimate of drug-likeness (QED) is 0.738. The smallest absolute Gasteiger partial charge is 0.270 e. The molecule has 1 atom stereocenters. The molecule has 3 heterocycles. The summed E-state index contributed by atoms with van der Waals surface area (Å²) in [6.07, 6.45) is 3.25. The molecule has 0 radical (unpaired) electrons. The summed E-state index contributed by atoms with van der Waals surface area (Å²) in [6.45, 7) is 2.22. The van der Waals surface area contributed by atoms with Gasteiger partial charge in [-0.25, -0.2) is 15.0 Å². The number of carbonyl (C=O) groups is 1. The van der Waals surface area contributed by atoms with Crippen molar-refractivity contribution >= 4 is 17.5 Å². The molecule has 2 aromatic rings. The van der Waals surface area contributed by atoms with Gasteiger partial charge in [0, 0.05) is 45.7 Å². The number of aromatic nitrogens is 4. The van der Waals surface area contributed by atoms with Crippen molar-refractivity contribution in [2.24, 2.45) is 7.05 Å². The Kier molecular flexibility index (Phi) is 5.08. The molecule has 128 valence electrons. The molecule has 0 bridgehead atoms. The van der Waals surface area contributed by atoms with E-state index in [1.807, 2.05) is 17.9 Å². The SMILES string of the molecule is Cn1cnc2c1CN(CC(O)CNC(=O)c1cc(Cl)ncn1)CC2. The second-order valence-electron chi connectivity index (χ2n) is 5.82. The topological polar surface area (TPSA) is 96.2 Å². The number of amides is 1. The first-order valence-corrected chi connectivity index (χ1v) is 8.06. The van der Waals surface area contributed by atoms with Crippen molar-refractivity contribution in [1.82, 2.24) is 29.7 Å². The van der Waals surface area contributed by atoms with E-state index in [1.165, 1.54) is 18.1 Å². The van der Waals surface area contributed by atoms with Gasteiger partial charge in [0.15, 0.2) is 0 Å². The molecule has 0 spiro atoms. The number of carbonyl (C=O) groups excluding carboxylic acids is 1. The van der Waals surface area contributed by atoms with Crippen molar-refractivity contribution in [3.63, 3.8) is 0 Å². The lowest BCUT2D eigenvalue weighted by atomic mass is 10.1. The zero-order chi connectivity index (χ0) is 17.1. The van der Waals surface area contributed by atoms with Crippen LogP contribution in [0.25, 0.3) is 0 Å². The van der Waals surface area contributed by atoms with Crippen molar-refractivity contribution in [3.8, 4) is 0 Å². The molecule has 8 nitrogen and oxygen atoms in total. The van der Waals surface area contributed by atoms with E-state index in [2.05, 4.69) is 25.2 Å². The Morgan fingerprint density at radius 3 is 3.08 bits per heavy atom. The summed E-state index contributed by atoms with van der Waals surface area (Å²) in [5, 5.41) is 13.0. The Balaban J connectivity index is 1.49. The lowest BCUT2D eigenvalue weighted by Crippen LogP contribution is -2.42. The minimum atomic E-state index is -0.666. The molecule has 1 aliphatic rings. The average Bonchev–Trinajstić information content (AvgIpc) is 2.93. The summed E-state index contributed by atoms with van der Waals surface area (Å²) < 4.78 is 2.01. The second kappa shape index (κ2) is 7.25. The normalized spacial score (nSPS) is 15.8. The first-order chi connectivity index (χ1) is 11.5. The van der Waals surface area contributed by atoms with Crippen molar-refractivity contribution < 1.29 is 9.90 Å². The van der Waals surface area contributed by atoms with Crippen molar-refractivity contribution in [1.29, 1.82) is 0 Å². The van der Waals surface area contributed by atoms with Crippen LogP contribution in [-0.2, 0) is 20.0 Å². The molecule has 0 aromatic carbocycles. The summed E-state index contributed by atoms with van der Waals surface area (Å²) in [5.74, 6) is -0.383. The molecular formula is C15H19ClN6O2. The van der Waals surface area contributed by atoms with E-state index in [-0.39, 0.29) is 23.3 Å². The van der Waals surface area contributed by atoms with Crippen LogP contribution in [0, 0.1) is 0 Å². The van der Waals surface area contributed by atoms with E-state index in [1.54, 1.807) is 0 Å². The van der Waals surface area contributed by atoms with Crippen LogP contribution < -0.4 is 5.32 Å². The maximum atomic E-state index is 12.0. The Hall–Kier alpha value is -2.03. The molecule has 9 heteroatoms.